The van der Waals surface area contributed by atoms with Gasteiger partial charge >= 0.3 is 0 Å². The third-order valence-corrected chi connectivity index (χ3v) is 2.74. The number of aliphatic hydroxyl groups excluding tert-OH is 1. The molecule has 0 radical (unpaired) electrons. The fourth-order valence-corrected chi connectivity index (χ4v) is 1.64. The van der Waals surface area contributed by atoms with Crippen LogP contribution in [0.25, 0.3) is 6.08 Å². The maximum absolute atomic E-state index is 9.40. The summed E-state index contributed by atoms with van der Waals surface area (Å²) >= 11 is 0. The van der Waals surface area contributed by atoms with Crippen molar-refractivity contribution in [3.8, 4) is 0 Å². The minimum atomic E-state index is -0.166. The van der Waals surface area contributed by atoms with Crippen LogP contribution in [-0.2, 0) is 0 Å². The van der Waals surface area contributed by atoms with Gasteiger partial charge in [-0.15, -0.1) is 0 Å². The second-order valence-corrected chi connectivity index (χ2v) is 4.43. The standard InChI is InChI=1S/C15H23NO/c1-3-15(17)9-10-16-12-13(2)11-14-7-5-4-6-8-14/h4-8,11,15-17H,3,9-10,12H2,1-2H3/b13-11+. The molecule has 0 bridgehead atoms. The molecule has 0 saturated carbocycles. The van der Waals surface area contributed by atoms with Gasteiger partial charge in [0.05, 0.1) is 6.10 Å². The molecule has 0 amide bonds. The molecule has 94 valence electrons. The van der Waals surface area contributed by atoms with Crippen molar-refractivity contribution in [3.05, 3.63) is 41.5 Å². The van der Waals surface area contributed by atoms with E-state index in [9.17, 15) is 5.11 Å². The molecule has 17 heavy (non-hydrogen) atoms. The number of benzene rings is 1. The van der Waals surface area contributed by atoms with E-state index in [4.69, 9.17) is 0 Å². The van der Waals surface area contributed by atoms with Crippen molar-refractivity contribution in [2.24, 2.45) is 0 Å². The highest BCUT2D eigenvalue weighted by Crippen LogP contribution is 2.05. The van der Waals surface area contributed by atoms with Crippen LogP contribution in [0.2, 0.25) is 0 Å². The monoisotopic (exact) mass is 233 g/mol. The topological polar surface area (TPSA) is 32.3 Å². The van der Waals surface area contributed by atoms with Gasteiger partial charge in [-0.25, -0.2) is 0 Å². The third-order valence-electron chi connectivity index (χ3n) is 2.74. The minimum Gasteiger partial charge on any atom is -0.393 e. The van der Waals surface area contributed by atoms with Gasteiger partial charge in [0.1, 0.15) is 0 Å². The van der Waals surface area contributed by atoms with Gasteiger partial charge in [0, 0.05) is 6.54 Å². The number of rotatable bonds is 7. The lowest BCUT2D eigenvalue weighted by atomic mass is 10.1. The summed E-state index contributed by atoms with van der Waals surface area (Å²) in [6.07, 6.45) is 3.68. The third kappa shape index (κ3) is 6.25. The summed E-state index contributed by atoms with van der Waals surface area (Å²) in [6.45, 7) is 5.88. The van der Waals surface area contributed by atoms with Crippen molar-refractivity contribution in [2.75, 3.05) is 13.1 Å². The summed E-state index contributed by atoms with van der Waals surface area (Å²) < 4.78 is 0. The molecule has 0 aliphatic heterocycles. The van der Waals surface area contributed by atoms with Crippen molar-refractivity contribution in [2.45, 2.75) is 32.8 Å². The normalized spacial score (nSPS) is 13.7. The maximum Gasteiger partial charge on any atom is 0.0549 e. The fourth-order valence-electron chi connectivity index (χ4n) is 1.64. The van der Waals surface area contributed by atoms with Crippen LogP contribution in [0.3, 0.4) is 0 Å². The Morgan fingerprint density at radius 2 is 2.06 bits per heavy atom. The van der Waals surface area contributed by atoms with Gasteiger partial charge in [-0.2, -0.15) is 0 Å². The first-order chi connectivity index (χ1) is 8.22. The summed E-state index contributed by atoms with van der Waals surface area (Å²) in [4.78, 5) is 0. The molecule has 0 heterocycles. The van der Waals surface area contributed by atoms with Gasteiger partial charge in [-0.1, -0.05) is 48.9 Å². The van der Waals surface area contributed by atoms with Gasteiger partial charge < -0.3 is 10.4 Å². The number of aliphatic hydroxyl groups is 1. The summed E-state index contributed by atoms with van der Waals surface area (Å²) in [7, 11) is 0. The van der Waals surface area contributed by atoms with Gasteiger partial charge in [-0.05, 0) is 31.9 Å². The number of nitrogens with one attached hydrogen (secondary N) is 1. The van der Waals surface area contributed by atoms with Gasteiger partial charge in [-0.3, -0.25) is 0 Å². The summed E-state index contributed by atoms with van der Waals surface area (Å²) in [5.74, 6) is 0. The van der Waals surface area contributed by atoms with E-state index in [1.165, 1.54) is 11.1 Å². The molecular formula is C15H23NO. The van der Waals surface area contributed by atoms with Crippen LogP contribution in [0.15, 0.2) is 35.9 Å². The Labute approximate surface area is 104 Å². The first kappa shape index (κ1) is 13.9. The average Bonchev–Trinajstić information content (AvgIpc) is 2.35. The zero-order valence-corrected chi connectivity index (χ0v) is 10.8. The average molecular weight is 233 g/mol. The molecule has 1 atom stereocenters. The smallest absolute Gasteiger partial charge is 0.0549 e. The van der Waals surface area contributed by atoms with Crippen LogP contribution >= 0.6 is 0 Å². The van der Waals surface area contributed by atoms with Crippen LogP contribution < -0.4 is 5.32 Å². The van der Waals surface area contributed by atoms with Crippen molar-refractivity contribution < 1.29 is 5.11 Å². The molecule has 1 rings (SSSR count). The molecule has 0 fully saturated rings. The van der Waals surface area contributed by atoms with Gasteiger partial charge in [0.25, 0.3) is 0 Å². The Kier molecular flexibility index (Phi) is 6.60. The molecule has 2 N–H and O–H groups in total. The molecule has 1 unspecified atom stereocenters. The highest BCUT2D eigenvalue weighted by Gasteiger charge is 1.99. The predicted molar refractivity (Wildman–Crippen MR) is 73.9 cm³/mol. The predicted octanol–water partition coefficient (Wildman–Crippen LogP) is 2.84. The van der Waals surface area contributed by atoms with Crippen molar-refractivity contribution in [1.82, 2.24) is 5.32 Å². The van der Waals surface area contributed by atoms with Crippen molar-refractivity contribution >= 4 is 6.08 Å². The van der Waals surface area contributed by atoms with E-state index < -0.39 is 0 Å². The first-order valence-electron chi connectivity index (χ1n) is 6.33. The number of hydrogen-bond donors (Lipinski definition) is 2. The van der Waals surface area contributed by atoms with E-state index in [0.717, 1.165) is 25.9 Å². The molecule has 1 aromatic carbocycles. The molecular weight excluding hydrogens is 210 g/mol. The Hall–Kier alpha value is -1.12. The first-order valence-corrected chi connectivity index (χ1v) is 6.33. The Balaban J connectivity index is 2.25. The van der Waals surface area contributed by atoms with Crippen LogP contribution in [-0.4, -0.2) is 24.3 Å². The lowest BCUT2D eigenvalue weighted by Gasteiger charge is -2.09. The van der Waals surface area contributed by atoms with Gasteiger partial charge in [0.2, 0.25) is 0 Å². The highest BCUT2D eigenvalue weighted by molar-refractivity contribution is 5.52. The van der Waals surface area contributed by atoms with E-state index >= 15 is 0 Å². The summed E-state index contributed by atoms with van der Waals surface area (Å²) in [6, 6.07) is 10.3. The molecule has 1 aromatic rings. The minimum absolute atomic E-state index is 0.166. The lowest BCUT2D eigenvalue weighted by Crippen LogP contribution is -2.21. The summed E-state index contributed by atoms with van der Waals surface area (Å²) in [5, 5.41) is 12.7. The van der Waals surface area contributed by atoms with E-state index in [1.54, 1.807) is 0 Å². The second-order valence-electron chi connectivity index (χ2n) is 4.43. The number of hydrogen-bond acceptors (Lipinski definition) is 2. The van der Waals surface area contributed by atoms with E-state index in [2.05, 4.69) is 30.4 Å². The van der Waals surface area contributed by atoms with Crippen LogP contribution in [0.5, 0.6) is 0 Å². The molecule has 2 heteroatoms. The Morgan fingerprint density at radius 1 is 1.35 bits per heavy atom. The largest absolute Gasteiger partial charge is 0.393 e. The molecule has 0 aromatic heterocycles. The zero-order chi connectivity index (χ0) is 12.5. The van der Waals surface area contributed by atoms with Crippen LogP contribution in [0.4, 0.5) is 0 Å². The highest BCUT2D eigenvalue weighted by atomic mass is 16.3. The van der Waals surface area contributed by atoms with Crippen molar-refractivity contribution in [1.29, 1.82) is 0 Å². The molecule has 0 spiro atoms. The maximum atomic E-state index is 9.40. The fraction of sp³-hybridized carbons (Fsp3) is 0.467. The van der Waals surface area contributed by atoms with E-state index in [-0.39, 0.29) is 6.10 Å². The molecule has 0 saturated heterocycles. The van der Waals surface area contributed by atoms with Crippen LogP contribution in [0.1, 0.15) is 32.3 Å². The SMILES string of the molecule is CCC(O)CCNC/C(C)=C/c1ccccc1. The van der Waals surface area contributed by atoms with Crippen molar-refractivity contribution in [3.63, 3.8) is 0 Å². The van der Waals surface area contributed by atoms with Crippen LogP contribution in [0, 0.1) is 0 Å². The summed E-state index contributed by atoms with van der Waals surface area (Å²) in [5.41, 5.74) is 2.54. The van der Waals surface area contributed by atoms with E-state index in [0.29, 0.717) is 0 Å². The Morgan fingerprint density at radius 3 is 2.71 bits per heavy atom. The van der Waals surface area contributed by atoms with E-state index in [1.807, 2.05) is 25.1 Å². The Bertz CT molecular complexity index is 332. The molecule has 2 nitrogen and oxygen atoms in total. The quantitative estimate of drug-likeness (QED) is 0.710. The zero-order valence-electron chi connectivity index (χ0n) is 10.8. The molecule has 0 aliphatic rings. The molecule has 0 aliphatic carbocycles. The van der Waals surface area contributed by atoms with Gasteiger partial charge in [0.15, 0.2) is 0 Å². The second kappa shape index (κ2) is 8.04. The lowest BCUT2D eigenvalue weighted by molar-refractivity contribution is 0.160.